The maximum Gasteiger partial charge on any atom is 0.408 e. The van der Waals surface area contributed by atoms with E-state index in [0.717, 1.165) is 17.5 Å². The third-order valence-corrected chi connectivity index (χ3v) is 5.45. The normalized spacial score (nSPS) is 23.5. The summed E-state index contributed by atoms with van der Waals surface area (Å²) in [6.07, 6.45) is -2.44. The molecule has 144 valence electrons. The van der Waals surface area contributed by atoms with Gasteiger partial charge in [0.15, 0.2) is 0 Å². The van der Waals surface area contributed by atoms with Crippen molar-refractivity contribution in [2.75, 3.05) is 13.1 Å². The molecule has 26 heavy (non-hydrogen) atoms. The fourth-order valence-corrected chi connectivity index (χ4v) is 3.87. The minimum atomic E-state index is -4.38. The summed E-state index contributed by atoms with van der Waals surface area (Å²) in [4.78, 5) is 25.6. The summed E-state index contributed by atoms with van der Waals surface area (Å²) in [7, 11) is 0. The molecule has 2 fully saturated rings. The molecule has 2 aliphatic rings. The molecule has 1 aliphatic heterocycles. The number of nitrogens with zero attached hydrogens (tertiary/aromatic N) is 3. The molecule has 2 heterocycles. The van der Waals surface area contributed by atoms with Crippen molar-refractivity contribution in [3.05, 3.63) is 17.0 Å². The number of hydrogen-bond acceptors (Lipinski definition) is 3. The minimum absolute atomic E-state index is 0.0217. The van der Waals surface area contributed by atoms with Gasteiger partial charge in [0.1, 0.15) is 6.54 Å². The van der Waals surface area contributed by atoms with E-state index in [1.54, 1.807) is 11.8 Å². The highest BCUT2D eigenvalue weighted by atomic mass is 19.4. The lowest BCUT2D eigenvalue weighted by Gasteiger charge is -2.16. The first-order valence-corrected chi connectivity index (χ1v) is 8.67. The zero-order valence-corrected chi connectivity index (χ0v) is 14.7. The quantitative estimate of drug-likeness (QED) is 0.858. The Bertz CT molecular complexity index is 725. The molecule has 1 amide bonds. The average Bonchev–Trinajstić information content (AvgIpc) is 3.21. The Balaban J connectivity index is 1.71. The van der Waals surface area contributed by atoms with Crippen molar-refractivity contribution in [2.24, 2.45) is 17.8 Å². The van der Waals surface area contributed by atoms with Crippen LogP contribution in [0.3, 0.4) is 0 Å². The Morgan fingerprint density at radius 2 is 1.88 bits per heavy atom. The largest absolute Gasteiger partial charge is 0.481 e. The van der Waals surface area contributed by atoms with Crippen LogP contribution in [-0.2, 0) is 22.6 Å². The number of carbonyl (C=O) groups excluding carboxylic acids is 1. The molecule has 1 N–H and O–H groups in total. The number of carboxylic acids is 1. The number of amides is 1. The highest BCUT2D eigenvalue weighted by Gasteiger charge is 2.46. The number of carbonyl (C=O) groups is 2. The van der Waals surface area contributed by atoms with Crippen LogP contribution in [0.25, 0.3) is 0 Å². The Morgan fingerprint density at radius 1 is 1.23 bits per heavy atom. The maximum atomic E-state index is 12.6. The lowest BCUT2D eigenvalue weighted by Crippen LogP contribution is -2.31. The van der Waals surface area contributed by atoms with Crippen LogP contribution >= 0.6 is 0 Å². The van der Waals surface area contributed by atoms with Crippen LogP contribution in [0.1, 0.15) is 29.8 Å². The van der Waals surface area contributed by atoms with Crippen molar-refractivity contribution >= 4 is 11.9 Å². The number of aryl methyl sites for hydroxylation is 1. The first-order valence-electron chi connectivity index (χ1n) is 8.67. The molecule has 0 bridgehead atoms. The minimum Gasteiger partial charge on any atom is -0.481 e. The van der Waals surface area contributed by atoms with Gasteiger partial charge in [-0.2, -0.15) is 18.3 Å². The van der Waals surface area contributed by atoms with E-state index in [0.29, 0.717) is 29.4 Å². The molecule has 9 heteroatoms. The fourth-order valence-electron chi connectivity index (χ4n) is 3.87. The molecular formula is C17H22F3N3O3. The van der Waals surface area contributed by atoms with E-state index in [-0.39, 0.29) is 24.8 Å². The molecule has 0 aromatic carbocycles. The van der Waals surface area contributed by atoms with Gasteiger partial charge in [-0.15, -0.1) is 0 Å². The van der Waals surface area contributed by atoms with E-state index in [9.17, 15) is 27.9 Å². The molecule has 1 saturated carbocycles. The van der Waals surface area contributed by atoms with Crippen LogP contribution in [0, 0.1) is 31.6 Å². The Labute approximate surface area is 149 Å². The van der Waals surface area contributed by atoms with Gasteiger partial charge in [0, 0.05) is 24.3 Å². The first-order chi connectivity index (χ1) is 12.1. The monoisotopic (exact) mass is 373 g/mol. The van der Waals surface area contributed by atoms with Crippen LogP contribution in [0.15, 0.2) is 0 Å². The maximum absolute atomic E-state index is 12.6. The molecule has 0 spiro atoms. The van der Waals surface area contributed by atoms with Gasteiger partial charge < -0.3 is 10.0 Å². The molecule has 1 aliphatic carbocycles. The molecule has 2 atom stereocenters. The smallest absolute Gasteiger partial charge is 0.408 e. The Morgan fingerprint density at radius 3 is 2.42 bits per heavy atom. The van der Waals surface area contributed by atoms with Crippen molar-refractivity contribution in [2.45, 2.75) is 45.8 Å². The molecule has 0 radical (unpaired) electrons. The van der Waals surface area contributed by atoms with E-state index >= 15 is 0 Å². The van der Waals surface area contributed by atoms with E-state index in [4.69, 9.17) is 0 Å². The number of rotatable bonds is 5. The molecule has 6 nitrogen and oxygen atoms in total. The lowest BCUT2D eigenvalue weighted by molar-refractivity contribution is -0.143. The van der Waals surface area contributed by atoms with Gasteiger partial charge in [-0.3, -0.25) is 14.3 Å². The zero-order chi connectivity index (χ0) is 19.2. The van der Waals surface area contributed by atoms with E-state index in [2.05, 4.69) is 5.10 Å². The summed E-state index contributed by atoms with van der Waals surface area (Å²) in [5.74, 6) is -1.35. The first kappa shape index (κ1) is 18.7. The van der Waals surface area contributed by atoms with E-state index < -0.39 is 24.6 Å². The number of aromatic nitrogens is 2. The van der Waals surface area contributed by atoms with Crippen LogP contribution in [0.4, 0.5) is 13.2 Å². The van der Waals surface area contributed by atoms with Crippen molar-refractivity contribution in [1.29, 1.82) is 0 Å². The molecule has 3 rings (SSSR count). The average molecular weight is 373 g/mol. The van der Waals surface area contributed by atoms with E-state index in [1.807, 2.05) is 0 Å². The standard InChI is InChI=1S/C17H22F3N3O3/c1-9-12(10(2)23(21-9)8-17(18,19)20)5-15(24)22-6-13(11-3-4-11)14(7-22)16(25)26/h11,13-14H,3-8H2,1-2H3,(H,25,26)/t13-,14+/m1/s1. The van der Waals surface area contributed by atoms with Crippen molar-refractivity contribution < 1.29 is 27.9 Å². The predicted molar refractivity (Wildman–Crippen MR) is 85.4 cm³/mol. The Kier molecular flexibility index (Phi) is 4.74. The summed E-state index contributed by atoms with van der Waals surface area (Å²) in [5, 5.41) is 13.3. The predicted octanol–water partition coefficient (Wildman–Crippen LogP) is 2.17. The number of aliphatic carboxylic acids is 1. The lowest BCUT2D eigenvalue weighted by atomic mass is 9.92. The van der Waals surface area contributed by atoms with Gasteiger partial charge >= 0.3 is 12.1 Å². The third kappa shape index (κ3) is 3.86. The SMILES string of the molecule is Cc1nn(CC(F)(F)F)c(C)c1CC(=O)N1C[C@H](C(=O)O)[C@@H](C2CC2)C1. The summed E-state index contributed by atoms with van der Waals surface area (Å²) in [6.45, 7) is 2.49. The van der Waals surface area contributed by atoms with Gasteiger partial charge in [-0.05, 0) is 38.5 Å². The van der Waals surface area contributed by atoms with Crippen LogP contribution < -0.4 is 0 Å². The van der Waals surface area contributed by atoms with Crippen molar-refractivity contribution in [3.8, 4) is 0 Å². The number of hydrogen-bond donors (Lipinski definition) is 1. The summed E-state index contributed by atoms with van der Waals surface area (Å²) in [5.41, 5.74) is 1.20. The molecule has 1 aromatic heterocycles. The van der Waals surface area contributed by atoms with Gasteiger partial charge in [-0.25, -0.2) is 0 Å². The molecule has 0 unspecified atom stereocenters. The number of alkyl halides is 3. The van der Waals surface area contributed by atoms with Crippen LogP contribution in [0.5, 0.6) is 0 Å². The Hall–Kier alpha value is -2.06. The van der Waals surface area contributed by atoms with E-state index in [1.165, 1.54) is 6.92 Å². The summed E-state index contributed by atoms with van der Waals surface area (Å²) >= 11 is 0. The van der Waals surface area contributed by atoms with Crippen LogP contribution in [0.2, 0.25) is 0 Å². The second-order valence-corrected chi connectivity index (χ2v) is 7.34. The zero-order valence-electron chi connectivity index (χ0n) is 14.7. The van der Waals surface area contributed by atoms with Crippen LogP contribution in [-0.4, -0.2) is 50.9 Å². The second-order valence-electron chi connectivity index (χ2n) is 7.34. The molecule has 1 saturated heterocycles. The van der Waals surface area contributed by atoms with Crippen molar-refractivity contribution in [1.82, 2.24) is 14.7 Å². The highest BCUT2D eigenvalue weighted by Crippen LogP contribution is 2.44. The topological polar surface area (TPSA) is 75.4 Å². The summed E-state index contributed by atoms with van der Waals surface area (Å²) in [6, 6.07) is 0. The number of carboxylic acid groups (broad SMARTS) is 1. The number of likely N-dealkylation sites (tertiary alicyclic amines) is 1. The summed E-state index contributed by atoms with van der Waals surface area (Å²) < 4.78 is 38.7. The fraction of sp³-hybridized carbons (Fsp3) is 0.706. The highest BCUT2D eigenvalue weighted by molar-refractivity contribution is 5.81. The van der Waals surface area contributed by atoms with Gasteiger partial charge in [0.2, 0.25) is 5.91 Å². The molecule has 1 aromatic rings. The second kappa shape index (κ2) is 6.59. The third-order valence-electron chi connectivity index (χ3n) is 5.45. The number of halogens is 3. The molecular weight excluding hydrogens is 351 g/mol. The van der Waals surface area contributed by atoms with Gasteiger partial charge in [0.25, 0.3) is 0 Å². The van der Waals surface area contributed by atoms with Gasteiger partial charge in [0.05, 0.1) is 18.0 Å². The van der Waals surface area contributed by atoms with Crippen molar-refractivity contribution in [3.63, 3.8) is 0 Å². The van der Waals surface area contributed by atoms with Gasteiger partial charge in [-0.1, -0.05) is 0 Å².